The summed E-state index contributed by atoms with van der Waals surface area (Å²) < 4.78 is 0. The predicted octanol–water partition coefficient (Wildman–Crippen LogP) is 5.07. The number of benzene rings is 1. The van der Waals surface area contributed by atoms with Crippen molar-refractivity contribution >= 4 is 17.7 Å². The topological polar surface area (TPSA) is 74.7 Å². The molecule has 0 aliphatic heterocycles. The van der Waals surface area contributed by atoms with Crippen LogP contribution >= 0.6 is 0 Å². The van der Waals surface area contributed by atoms with Crippen LogP contribution in [-0.4, -0.2) is 39.7 Å². The molecule has 0 heterocycles. The highest BCUT2D eigenvalue weighted by Gasteiger charge is 2.57. The zero-order chi connectivity index (χ0) is 23.4. The Balaban J connectivity index is 1.59. The number of carbonyl (C=O) groups excluding carboxylic acids is 2. The summed E-state index contributed by atoms with van der Waals surface area (Å²) in [6.45, 7) is 10.8. The number of carboxylic acids is 1. The number of amides is 1. The van der Waals surface area contributed by atoms with Gasteiger partial charge in [-0.2, -0.15) is 0 Å². The van der Waals surface area contributed by atoms with Crippen molar-refractivity contribution in [3.8, 4) is 0 Å². The summed E-state index contributed by atoms with van der Waals surface area (Å²) >= 11 is 0. The molecule has 0 saturated heterocycles. The number of carboxylic acid groups (broad SMARTS) is 1. The number of aliphatic carboxylic acids is 1. The van der Waals surface area contributed by atoms with Crippen molar-refractivity contribution < 1.29 is 19.5 Å². The normalized spacial score (nSPS) is 31.1. The monoisotopic (exact) mass is 439 g/mol. The maximum absolute atomic E-state index is 13.6. The lowest BCUT2D eigenvalue weighted by Gasteiger charge is -2.51. The number of Topliss-reactive ketones (excluding diaryl/α,β-unsaturated/α-hetero) is 1. The zero-order valence-electron chi connectivity index (χ0n) is 20.1. The van der Waals surface area contributed by atoms with Crippen LogP contribution < -0.4 is 0 Å². The molecular formula is C27H37NO4. The Morgan fingerprint density at radius 2 is 1.72 bits per heavy atom. The first-order chi connectivity index (χ1) is 15.1. The first kappa shape index (κ1) is 23.0. The fourth-order valence-corrected chi connectivity index (χ4v) is 7.54. The Labute approximate surface area is 191 Å². The van der Waals surface area contributed by atoms with Crippen molar-refractivity contribution in [1.82, 2.24) is 4.90 Å². The lowest BCUT2D eigenvalue weighted by Crippen LogP contribution is -2.50. The van der Waals surface area contributed by atoms with Gasteiger partial charge >= 0.3 is 5.97 Å². The van der Waals surface area contributed by atoms with Gasteiger partial charge in [-0.1, -0.05) is 19.1 Å². The van der Waals surface area contributed by atoms with Gasteiger partial charge in [-0.05, 0) is 107 Å². The minimum absolute atomic E-state index is 0.0526. The van der Waals surface area contributed by atoms with Gasteiger partial charge in [0.05, 0.1) is 0 Å². The third-order valence-electron chi connectivity index (χ3n) is 8.85. The zero-order valence-corrected chi connectivity index (χ0v) is 20.1. The molecule has 2 saturated carbocycles. The summed E-state index contributed by atoms with van der Waals surface area (Å²) in [4.78, 5) is 38.7. The molecular weight excluding hydrogens is 402 g/mol. The Morgan fingerprint density at radius 1 is 1.03 bits per heavy atom. The Bertz CT molecular complexity index is 928. The summed E-state index contributed by atoms with van der Waals surface area (Å²) in [5.74, 6) is -0.224. The molecule has 1 aromatic rings. The van der Waals surface area contributed by atoms with E-state index in [1.165, 1.54) is 5.56 Å². The van der Waals surface area contributed by atoms with Crippen LogP contribution in [0.25, 0.3) is 0 Å². The lowest BCUT2D eigenvalue weighted by molar-refractivity contribution is -0.144. The average molecular weight is 440 g/mol. The standard InChI is InChI=1S/C27H37NO4/c1-15(2)28(16(3)4)25(30)23-11-10-22-21-9-6-17-14-18(24(29)26(31)32)7-8-19(17)20(21)12-13-27(22,23)5/h7-8,14-16,20-23H,6,9-13H2,1-5H3,(H,31,32)/t20?,21?,22?,23-,27+/m1/s1. The van der Waals surface area contributed by atoms with E-state index in [0.29, 0.717) is 23.7 Å². The number of aryl methyl sites for hydroxylation is 1. The van der Waals surface area contributed by atoms with E-state index in [9.17, 15) is 14.4 Å². The molecule has 5 nitrogen and oxygen atoms in total. The molecule has 32 heavy (non-hydrogen) atoms. The number of fused-ring (bicyclic) bond motifs is 5. The van der Waals surface area contributed by atoms with Gasteiger partial charge in [-0.15, -0.1) is 0 Å². The van der Waals surface area contributed by atoms with Gasteiger partial charge in [-0.25, -0.2) is 4.79 Å². The van der Waals surface area contributed by atoms with Crippen LogP contribution in [0.1, 0.15) is 94.1 Å². The molecule has 0 spiro atoms. The molecule has 3 aliphatic carbocycles. The predicted molar refractivity (Wildman–Crippen MR) is 124 cm³/mol. The molecule has 174 valence electrons. The second kappa shape index (κ2) is 8.31. The Kier molecular flexibility index (Phi) is 5.98. The maximum atomic E-state index is 13.6. The highest BCUT2D eigenvalue weighted by molar-refractivity contribution is 6.39. The van der Waals surface area contributed by atoms with Gasteiger partial charge in [0.1, 0.15) is 0 Å². The fraction of sp³-hybridized carbons (Fsp3) is 0.667. The number of rotatable bonds is 5. The maximum Gasteiger partial charge on any atom is 0.377 e. The molecule has 0 aromatic heterocycles. The lowest BCUT2D eigenvalue weighted by atomic mass is 9.54. The number of nitrogens with zero attached hydrogens (tertiary/aromatic N) is 1. The molecule has 5 atom stereocenters. The third kappa shape index (κ3) is 3.58. The van der Waals surface area contributed by atoms with Crippen LogP contribution in [-0.2, 0) is 16.0 Å². The van der Waals surface area contributed by atoms with Crippen LogP contribution in [0.2, 0.25) is 0 Å². The number of ketones is 1. The van der Waals surface area contributed by atoms with Crippen molar-refractivity contribution in [3.63, 3.8) is 0 Å². The average Bonchev–Trinajstić information content (AvgIpc) is 3.09. The second-order valence-electron chi connectivity index (χ2n) is 11.1. The van der Waals surface area contributed by atoms with Crippen LogP contribution in [0.3, 0.4) is 0 Å². The van der Waals surface area contributed by atoms with Crippen molar-refractivity contribution in [2.45, 2.75) is 91.1 Å². The molecule has 0 bridgehead atoms. The smallest absolute Gasteiger partial charge is 0.377 e. The van der Waals surface area contributed by atoms with Gasteiger partial charge in [0.2, 0.25) is 5.91 Å². The fourth-order valence-electron chi connectivity index (χ4n) is 7.54. The van der Waals surface area contributed by atoms with Crippen molar-refractivity contribution in [2.75, 3.05) is 0 Å². The molecule has 3 aliphatic rings. The summed E-state index contributed by atoms with van der Waals surface area (Å²) in [7, 11) is 0. The molecule has 1 aromatic carbocycles. The largest absolute Gasteiger partial charge is 0.475 e. The molecule has 0 radical (unpaired) electrons. The van der Waals surface area contributed by atoms with Crippen LogP contribution in [0.15, 0.2) is 18.2 Å². The van der Waals surface area contributed by atoms with E-state index in [0.717, 1.165) is 44.1 Å². The van der Waals surface area contributed by atoms with E-state index in [1.54, 1.807) is 12.1 Å². The minimum Gasteiger partial charge on any atom is -0.475 e. The van der Waals surface area contributed by atoms with Gasteiger partial charge < -0.3 is 10.0 Å². The molecule has 2 fully saturated rings. The minimum atomic E-state index is -1.40. The Hall–Kier alpha value is -2.17. The summed E-state index contributed by atoms with van der Waals surface area (Å²) in [5.41, 5.74) is 2.77. The van der Waals surface area contributed by atoms with Crippen molar-refractivity contribution in [1.29, 1.82) is 0 Å². The van der Waals surface area contributed by atoms with E-state index in [1.807, 2.05) is 6.07 Å². The van der Waals surface area contributed by atoms with Gasteiger partial charge in [-0.3, -0.25) is 9.59 Å². The Morgan fingerprint density at radius 3 is 2.34 bits per heavy atom. The van der Waals surface area contributed by atoms with E-state index in [-0.39, 0.29) is 29.0 Å². The first-order valence-corrected chi connectivity index (χ1v) is 12.3. The summed E-state index contributed by atoms with van der Waals surface area (Å²) in [6.07, 6.45) is 6.15. The first-order valence-electron chi connectivity index (χ1n) is 12.3. The highest BCUT2D eigenvalue weighted by Crippen LogP contribution is 2.63. The van der Waals surface area contributed by atoms with Crippen LogP contribution in [0, 0.1) is 23.2 Å². The van der Waals surface area contributed by atoms with E-state index < -0.39 is 11.8 Å². The molecule has 1 N–H and O–H groups in total. The van der Waals surface area contributed by atoms with Crippen molar-refractivity contribution in [3.05, 3.63) is 34.9 Å². The summed E-state index contributed by atoms with van der Waals surface area (Å²) in [5, 5.41) is 9.05. The molecule has 1 amide bonds. The molecule has 5 heteroatoms. The van der Waals surface area contributed by atoms with E-state index >= 15 is 0 Å². The van der Waals surface area contributed by atoms with Crippen LogP contribution in [0.5, 0.6) is 0 Å². The molecule has 4 rings (SSSR count). The van der Waals surface area contributed by atoms with Gasteiger partial charge in [0.25, 0.3) is 5.78 Å². The van der Waals surface area contributed by atoms with Crippen LogP contribution in [0.4, 0.5) is 0 Å². The number of carbonyl (C=O) groups is 3. The number of hydrogen-bond acceptors (Lipinski definition) is 3. The van der Waals surface area contributed by atoms with E-state index in [2.05, 4.69) is 39.5 Å². The molecule has 3 unspecified atom stereocenters. The second-order valence-corrected chi connectivity index (χ2v) is 11.1. The number of hydrogen-bond donors (Lipinski definition) is 1. The van der Waals surface area contributed by atoms with Gasteiger partial charge in [0.15, 0.2) is 0 Å². The third-order valence-corrected chi connectivity index (χ3v) is 8.85. The summed E-state index contributed by atoms with van der Waals surface area (Å²) in [6, 6.07) is 5.92. The highest BCUT2D eigenvalue weighted by atomic mass is 16.4. The quantitative estimate of drug-likeness (QED) is 0.513. The van der Waals surface area contributed by atoms with Gasteiger partial charge in [0, 0.05) is 23.6 Å². The SMILES string of the molecule is CC(C)N(C(=O)[C@H]1CCC2C3CCc4cc(C(=O)C(=O)O)ccc4C3CC[C@@]21C)C(C)C. The van der Waals surface area contributed by atoms with E-state index in [4.69, 9.17) is 5.11 Å². The van der Waals surface area contributed by atoms with Crippen molar-refractivity contribution in [2.24, 2.45) is 23.2 Å².